The van der Waals surface area contributed by atoms with Gasteiger partial charge in [-0.25, -0.2) is 8.42 Å². The Hall–Kier alpha value is -1.73. The Kier molecular flexibility index (Phi) is 3.44. The third-order valence-electron chi connectivity index (χ3n) is 2.32. The monoisotopic (exact) mass is 267 g/mol. The molecule has 1 N–H and O–H groups in total. The van der Waals surface area contributed by atoms with Crippen molar-refractivity contribution in [3.8, 4) is 11.5 Å². The third-order valence-corrected chi connectivity index (χ3v) is 3.45. The van der Waals surface area contributed by atoms with E-state index in [0.29, 0.717) is 23.9 Å². The number of benzene rings is 1. The second-order valence-electron chi connectivity index (χ2n) is 3.83. The van der Waals surface area contributed by atoms with Crippen LogP contribution < -0.4 is 5.32 Å². The van der Waals surface area contributed by atoms with Gasteiger partial charge in [-0.3, -0.25) is 0 Å². The van der Waals surface area contributed by atoms with Crippen LogP contribution in [0.1, 0.15) is 5.89 Å². The van der Waals surface area contributed by atoms with E-state index in [1.165, 1.54) is 18.4 Å². The fourth-order valence-electron chi connectivity index (χ4n) is 1.44. The fourth-order valence-corrected chi connectivity index (χ4v) is 2.07. The fraction of sp³-hybridized carbons (Fsp3) is 0.273. The first kappa shape index (κ1) is 12.7. The lowest BCUT2D eigenvalue weighted by molar-refractivity contribution is 0.490. The highest BCUT2D eigenvalue weighted by Crippen LogP contribution is 2.20. The molecule has 0 atom stereocenters. The summed E-state index contributed by atoms with van der Waals surface area (Å²) in [5.41, 5.74) is 0.692. The zero-order valence-corrected chi connectivity index (χ0v) is 10.9. The maximum Gasteiger partial charge on any atom is 0.247 e. The maximum atomic E-state index is 11.3. The van der Waals surface area contributed by atoms with E-state index in [1.807, 2.05) is 0 Å². The number of sulfone groups is 1. The molecule has 0 aliphatic carbocycles. The van der Waals surface area contributed by atoms with Crippen molar-refractivity contribution in [2.75, 3.05) is 13.3 Å². The average Bonchev–Trinajstić information content (AvgIpc) is 2.77. The van der Waals surface area contributed by atoms with E-state index in [9.17, 15) is 8.42 Å². The molecular formula is C11H13N3O3S. The molecule has 2 aromatic rings. The smallest absolute Gasteiger partial charge is 0.247 e. The molecular weight excluding hydrogens is 254 g/mol. The van der Waals surface area contributed by atoms with Crippen LogP contribution in [0, 0.1) is 0 Å². The molecule has 6 nitrogen and oxygen atoms in total. The van der Waals surface area contributed by atoms with Crippen LogP contribution in [0.25, 0.3) is 11.5 Å². The molecule has 0 unspecified atom stereocenters. The highest BCUT2D eigenvalue weighted by atomic mass is 32.2. The van der Waals surface area contributed by atoms with Crippen molar-refractivity contribution >= 4 is 9.84 Å². The molecule has 0 fully saturated rings. The first-order valence-corrected chi connectivity index (χ1v) is 7.17. The minimum Gasteiger partial charge on any atom is -0.419 e. The summed E-state index contributed by atoms with van der Waals surface area (Å²) in [5.74, 6) is 0.861. The quantitative estimate of drug-likeness (QED) is 0.884. The van der Waals surface area contributed by atoms with Gasteiger partial charge in [-0.15, -0.1) is 10.2 Å². The molecule has 0 aliphatic heterocycles. The van der Waals surface area contributed by atoms with Gasteiger partial charge in [-0.1, -0.05) is 0 Å². The van der Waals surface area contributed by atoms with E-state index < -0.39 is 9.84 Å². The number of nitrogens with one attached hydrogen (secondary N) is 1. The first-order valence-electron chi connectivity index (χ1n) is 5.28. The molecule has 1 aromatic carbocycles. The van der Waals surface area contributed by atoms with Crippen LogP contribution in [0.3, 0.4) is 0 Å². The minimum atomic E-state index is -3.18. The van der Waals surface area contributed by atoms with Crippen molar-refractivity contribution in [3.05, 3.63) is 30.2 Å². The molecule has 1 heterocycles. The van der Waals surface area contributed by atoms with Crippen LogP contribution in [-0.4, -0.2) is 31.9 Å². The van der Waals surface area contributed by atoms with Crippen molar-refractivity contribution in [1.29, 1.82) is 0 Å². The maximum absolute atomic E-state index is 11.3. The molecule has 0 aliphatic rings. The van der Waals surface area contributed by atoms with Gasteiger partial charge in [-0.2, -0.15) is 0 Å². The molecule has 0 spiro atoms. The van der Waals surface area contributed by atoms with E-state index in [1.54, 1.807) is 19.2 Å². The van der Waals surface area contributed by atoms with Gasteiger partial charge in [0.05, 0.1) is 11.4 Å². The van der Waals surface area contributed by atoms with Gasteiger partial charge >= 0.3 is 0 Å². The Morgan fingerprint density at radius 2 is 1.89 bits per heavy atom. The zero-order valence-electron chi connectivity index (χ0n) is 10.0. The SMILES string of the molecule is CNCc1nnc(-c2ccc(S(C)(=O)=O)cc2)o1. The molecule has 0 radical (unpaired) electrons. The Morgan fingerprint density at radius 3 is 2.44 bits per heavy atom. The van der Waals surface area contributed by atoms with Gasteiger partial charge in [-0.05, 0) is 31.3 Å². The second-order valence-corrected chi connectivity index (χ2v) is 5.84. The van der Waals surface area contributed by atoms with E-state index in [0.717, 1.165) is 0 Å². The largest absolute Gasteiger partial charge is 0.419 e. The van der Waals surface area contributed by atoms with Gasteiger partial charge in [0.15, 0.2) is 9.84 Å². The third kappa shape index (κ3) is 2.74. The van der Waals surface area contributed by atoms with Gasteiger partial charge in [0.25, 0.3) is 0 Å². The van der Waals surface area contributed by atoms with Crippen molar-refractivity contribution in [2.45, 2.75) is 11.4 Å². The van der Waals surface area contributed by atoms with Crippen molar-refractivity contribution in [1.82, 2.24) is 15.5 Å². The summed E-state index contributed by atoms with van der Waals surface area (Å²) in [6.07, 6.45) is 1.17. The Labute approximate surface area is 105 Å². The lowest BCUT2D eigenvalue weighted by Crippen LogP contribution is -2.04. The molecule has 7 heteroatoms. The summed E-state index contributed by atoms with van der Waals surface area (Å²) in [6, 6.07) is 6.33. The molecule has 0 amide bonds. The van der Waals surface area contributed by atoms with Crippen LogP contribution in [0.15, 0.2) is 33.6 Å². The average molecular weight is 267 g/mol. The number of rotatable bonds is 4. The molecule has 0 bridgehead atoms. The summed E-state index contributed by atoms with van der Waals surface area (Å²) in [6.45, 7) is 0.494. The summed E-state index contributed by atoms with van der Waals surface area (Å²) >= 11 is 0. The number of nitrogens with zero attached hydrogens (tertiary/aromatic N) is 2. The Balaban J connectivity index is 2.28. The van der Waals surface area contributed by atoms with Crippen LogP contribution in [0.4, 0.5) is 0 Å². The summed E-state index contributed by atoms with van der Waals surface area (Å²) in [7, 11) is -1.40. The van der Waals surface area contributed by atoms with Gasteiger partial charge < -0.3 is 9.73 Å². The predicted octanol–water partition coefficient (Wildman–Crippen LogP) is 0.860. The van der Waals surface area contributed by atoms with Crippen LogP contribution in [0.5, 0.6) is 0 Å². The molecule has 18 heavy (non-hydrogen) atoms. The van der Waals surface area contributed by atoms with Gasteiger partial charge in [0.1, 0.15) is 0 Å². The lowest BCUT2D eigenvalue weighted by atomic mass is 10.2. The van der Waals surface area contributed by atoms with Crippen molar-refractivity contribution in [2.24, 2.45) is 0 Å². The topological polar surface area (TPSA) is 85.1 Å². The molecule has 0 saturated carbocycles. The molecule has 0 saturated heterocycles. The van der Waals surface area contributed by atoms with Gasteiger partial charge in [0.2, 0.25) is 11.8 Å². The van der Waals surface area contributed by atoms with E-state index in [2.05, 4.69) is 15.5 Å². The van der Waals surface area contributed by atoms with Crippen LogP contribution in [-0.2, 0) is 16.4 Å². The van der Waals surface area contributed by atoms with E-state index >= 15 is 0 Å². The van der Waals surface area contributed by atoms with E-state index in [4.69, 9.17) is 4.42 Å². The van der Waals surface area contributed by atoms with Crippen LogP contribution >= 0.6 is 0 Å². The first-order chi connectivity index (χ1) is 8.50. The number of aromatic nitrogens is 2. The van der Waals surface area contributed by atoms with E-state index in [-0.39, 0.29) is 4.90 Å². The summed E-state index contributed by atoms with van der Waals surface area (Å²) in [5, 5.41) is 10.6. The lowest BCUT2D eigenvalue weighted by Gasteiger charge is -1.98. The second kappa shape index (κ2) is 4.87. The summed E-state index contributed by atoms with van der Waals surface area (Å²) in [4.78, 5) is 0.265. The predicted molar refractivity (Wildman–Crippen MR) is 65.6 cm³/mol. The molecule has 96 valence electrons. The van der Waals surface area contributed by atoms with Gasteiger partial charge in [0, 0.05) is 11.8 Å². The number of hydrogen-bond acceptors (Lipinski definition) is 6. The highest BCUT2D eigenvalue weighted by Gasteiger charge is 2.10. The standard InChI is InChI=1S/C11H13N3O3S/c1-12-7-10-13-14-11(17-10)8-3-5-9(6-4-8)18(2,15)16/h3-6,12H,7H2,1-2H3. The molecule has 1 aromatic heterocycles. The zero-order chi connectivity index (χ0) is 13.2. The Bertz CT molecular complexity index is 632. The van der Waals surface area contributed by atoms with Crippen molar-refractivity contribution < 1.29 is 12.8 Å². The highest BCUT2D eigenvalue weighted by molar-refractivity contribution is 7.90. The Morgan fingerprint density at radius 1 is 1.22 bits per heavy atom. The summed E-state index contributed by atoms with van der Waals surface area (Å²) < 4.78 is 28.0. The molecule has 2 rings (SSSR count). The minimum absolute atomic E-state index is 0.265. The number of hydrogen-bond donors (Lipinski definition) is 1. The normalized spacial score (nSPS) is 11.7. The van der Waals surface area contributed by atoms with Crippen molar-refractivity contribution in [3.63, 3.8) is 0 Å². The van der Waals surface area contributed by atoms with Crippen LogP contribution in [0.2, 0.25) is 0 Å².